The average Bonchev–Trinajstić information content (AvgIpc) is 3.36. The second kappa shape index (κ2) is 8.14. The quantitative estimate of drug-likeness (QED) is 0.203. The van der Waals surface area contributed by atoms with Gasteiger partial charge in [-0.1, -0.05) is 47.5 Å². The van der Waals surface area contributed by atoms with Crippen LogP contribution in [0.15, 0.2) is 60.7 Å². The largest absolute Gasteiger partial charge is 0.321 e. The molecule has 5 aromatic rings. The highest BCUT2D eigenvalue weighted by atomic mass is 35.5. The van der Waals surface area contributed by atoms with E-state index in [0.29, 0.717) is 26.4 Å². The Balaban J connectivity index is 1.50. The molecular formula is C22H11Cl2N3O3S2. The van der Waals surface area contributed by atoms with Crippen LogP contribution in [0.25, 0.3) is 30.9 Å². The molecule has 6 nitrogen and oxygen atoms in total. The third-order valence-electron chi connectivity index (χ3n) is 4.79. The van der Waals surface area contributed by atoms with Gasteiger partial charge in [0.1, 0.15) is 14.6 Å². The molecule has 0 atom stereocenters. The molecule has 10 heteroatoms. The lowest BCUT2D eigenvalue weighted by molar-refractivity contribution is -0.382. The van der Waals surface area contributed by atoms with E-state index in [0.717, 1.165) is 26.6 Å². The molecule has 0 saturated carbocycles. The first-order valence-corrected chi connectivity index (χ1v) is 11.6. The zero-order chi connectivity index (χ0) is 22.4. The molecular weight excluding hydrogens is 489 g/mol. The maximum absolute atomic E-state index is 13.0. The number of amides is 1. The first-order valence-electron chi connectivity index (χ1n) is 9.24. The Hall–Kier alpha value is -3.04. The van der Waals surface area contributed by atoms with Crippen molar-refractivity contribution in [2.24, 2.45) is 0 Å². The molecule has 32 heavy (non-hydrogen) atoms. The number of aromatic nitrogens is 1. The number of carbonyl (C=O) groups is 1. The summed E-state index contributed by atoms with van der Waals surface area (Å²) in [4.78, 5) is 28.6. The van der Waals surface area contributed by atoms with Gasteiger partial charge in [-0.05, 0) is 30.3 Å². The van der Waals surface area contributed by atoms with Gasteiger partial charge in [0.05, 0.1) is 25.2 Å². The fourth-order valence-corrected chi connectivity index (χ4v) is 6.05. The van der Waals surface area contributed by atoms with Crippen LogP contribution >= 0.6 is 45.9 Å². The monoisotopic (exact) mass is 499 g/mol. The Kier molecular flexibility index (Phi) is 5.30. The fourth-order valence-electron chi connectivity index (χ4n) is 3.31. The predicted molar refractivity (Wildman–Crippen MR) is 132 cm³/mol. The molecule has 0 aliphatic heterocycles. The highest BCUT2D eigenvalue weighted by Gasteiger charge is 2.23. The second-order valence-corrected chi connectivity index (χ2v) is 9.63. The molecule has 0 unspecified atom stereocenters. The number of nitro groups is 1. The Bertz CT molecular complexity index is 1510. The number of nitrogens with one attached hydrogen (secondary N) is 1. The summed E-state index contributed by atoms with van der Waals surface area (Å²) in [6.07, 6.45) is 0. The number of rotatable bonds is 4. The summed E-state index contributed by atoms with van der Waals surface area (Å²) in [6, 6.07) is 17.5. The molecule has 0 aliphatic carbocycles. The molecule has 0 radical (unpaired) electrons. The van der Waals surface area contributed by atoms with E-state index in [1.165, 1.54) is 17.4 Å². The van der Waals surface area contributed by atoms with Crippen LogP contribution < -0.4 is 5.32 Å². The normalized spacial score (nSPS) is 11.2. The predicted octanol–water partition coefficient (Wildman–Crippen LogP) is 7.65. The Morgan fingerprint density at radius 3 is 2.62 bits per heavy atom. The van der Waals surface area contributed by atoms with E-state index in [2.05, 4.69) is 10.3 Å². The number of non-ortho nitro benzene ring substituents is 1. The number of anilines is 1. The molecule has 158 valence electrons. The first-order chi connectivity index (χ1) is 15.4. The van der Waals surface area contributed by atoms with E-state index in [-0.39, 0.29) is 15.6 Å². The van der Waals surface area contributed by atoms with Gasteiger partial charge in [0.25, 0.3) is 11.6 Å². The molecule has 0 aliphatic rings. The van der Waals surface area contributed by atoms with Gasteiger partial charge in [-0.15, -0.1) is 22.7 Å². The Morgan fingerprint density at radius 1 is 1.03 bits per heavy atom. The van der Waals surface area contributed by atoms with E-state index >= 15 is 0 Å². The minimum Gasteiger partial charge on any atom is -0.321 e. The highest BCUT2D eigenvalue weighted by molar-refractivity contribution is 7.22. The number of nitrogens with zero attached hydrogens (tertiary/aromatic N) is 2. The van der Waals surface area contributed by atoms with Crippen molar-refractivity contribution in [3.05, 3.63) is 85.7 Å². The minimum absolute atomic E-state index is 0.0851. The van der Waals surface area contributed by atoms with Crippen LogP contribution in [0, 0.1) is 10.1 Å². The number of halogens is 2. The van der Waals surface area contributed by atoms with Crippen molar-refractivity contribution in [3.8, 4) is 10.6 Å². The smallest absolute Gasteiger partial charge is 0.287 e. The van der Waals surface area contributed by atoms with Crippen LogP contribution in [-0.2, 0) is 0 Å². The maximum Gasteiger partial charge on any atom is 0.287 e. The molecule has 0 spiro atoms. The van der Waals surface area contributed by atoms with Crippen molar-refractivity contribution in [2.45, 2.75) is 0 Å². The topological polar surface area (TPSA) is 85.1 Å². The SMILES string of the molecule is O=C(Nc1ccc(Cl)c(-c2nc3ccccc3s2)c1)c1sc2c([N+](=O)[O-])cccc2c1Cl. The van der Waals surface area contributed by atoms with Gasteiger partial charge < -0.3 is 5.32 Å². The number of hydrogen-bond donors (Lipinski definition) is 1. The number of para-hydroxylation sites is 1. The first kappa shape index (κ1) is 20.8. The van der Waals surface area contributed by atoms with Gasteiger partial charge in [0.2, 0.25) is 0 Å². The summed E-state index contributed by atoms with van der Waals surface area (Å²) >= 11 is 15.3. The third-order valence-corrected chi connectivity index (χ3v) is 7.92. The van der Waals surface area contributed by atoms with Crippen molar-refractivity contribution in [3.63, 3.8) is 0 Å². The second-order valence-electron chi connectivity index (χ2n) is 6.79. The number of thiophene rings is 1. The zero-order valence-corrected chi connectivity index (χ0v) is 19.1. The number of benzene rings is 3. The molecule has 0 bridgehead atoms. The van der Waals surface area contributed by atoms with Crippen molar-refractivity contribution in [2.75, 3.05) is 5.32 Å². The lowest BCUT2D eigenvalue weighted by Crippen LogP contribution is -2.10. The van der Waals surface area contributed by atoms with Crippen LogP contribution in [0.3, 0.4) is 0 Å². The number of nitro benzene ring substituents is 1. The van der Waals surface area contributed by atoms with Crippen molar-refractivity contribution >= 4 is 83.5 Å². The van der Waals surface area contributed by atoms with Crippen LogP contribution in [0.5, 0.6) is 0 Å². The Labute approximate surface area is 199 Å². The van der Waals surface area contributed by atoms with E-state index in [1.54, 1.807) is 30.3 Å². The summed E-state index contributed by atoms with van der Waals surface area (Å²) in [5.74, 6) is -0.455. The summed E-state index contributed by atoms with van der Waals surface area (Å²) in [5.41, 5.74) is 2.00. The number of fused-ring (bicyclic) bond motifs is 2. The molecule has 3 aromatic carbocycles. The van der Waals surface area contributed by atoms with Crippen LogP contribution in [0.2, 0.25) is 10.0 Å². The van der Waals surface area contributed by atoms with E-state index < -0.39 is 10.8 Å². The summed E-state index contributed by atoms with van der Waals surface area (Å²) < 4.78 is 1.39. The summed E-state index contributed by atoms with van der Waals surface area (Å²) in [6.45, 7) is 0. The van der Waals surface area contributed by atoms with Crippen LogP contribution in [0.4, 0.5) is 11.4 Å². The Morgan fingerprint density at radius 2 is 1.84 bits per heavy atom. The van der Waals surface area contributed by atoms with Crippen molar-refractivity contribution in [1.82, 2.24) is 4.98 Å². The molecule has 1 amide bonds. The molecule has 1 N–H and O–H groups in total. The molecule has 5 rings (SSSR count). The molecule has 2 heterocycles. The lowest BCUT2D eigenvalue weighted by Gasteiger charge is -2.07. The van der Waals surface area contributed by atoms with E-state index in [4.69, 9.17) is 23.2 Å². The number of carbonyl (C=O) groups excluding carboxylic acids is 1. The van der Waals surface area contributed by atoms with Gasteiger partial charge in [0, 0.05) is 22.7 Å². The van der Waals surface area contributed by atoms with Gasteiger partial charge >= 0.3 is 0 Å². The standard InChI is InChI=1S/C22H11Cl2N3O3S2/c23-14-9-8-11(10-13(14)22-26-15-5-1-2-7-17(15)31-22)25-21(28)20-18(24)12-4-3-6-16(27(29)30)19(12)32-20/h1-10H,(H,25,28). The van der Waals surface area contributed by atoms with Gasteiger partial charge in [0.15, 0.2) is 0 Å². The summed E-state index contributed by atoms with van der Waals surface area (Å²) in [5, 5.41) is 16.0. The maximum atomic E-state index is 13.0. The minimum atomic E-state index is -0.486. The zero-order valence-electron chi connectivity index (χ0n) is 16.0. The number of thiazole rings is 1. The van der Waals surface area contributed by atoms with Crippen LogP contribution in [0.1, 0.15) is 9.67 Å². The lowest BCUT2D eigenvalue weighted by atomic mass is 10.2. The molecule has 0 saturated heterocycles. The van der Waals surface area contributed by atoms with Gasteiger partial charge in [-0.3, -0.25) is 14.9 Å². The fraction of sp³-hybridized carbons (Fsp3) is 0. The van der Waals surface area contributed by atoms with E-state index in [1.807, 2.05) is 24.3 Å². The number of hydrogen-bond acceptors (Lipinski definition) is 6. The van der Waals surface area contributed by atoms with Gasteiger partial charge in [-0.25, -0.2) is 4.98 Å². The van der Waals surface area contributed by atoms with Crippen LogP contribution in [-0.4, -0.2) is 15.8 Å². The van der Waals surface area contributed by atoms with E-state index in [9.17, 15) is 14.9 Å². The third kappa shape index (κ3) is 3.61. The average molecular weight is 500 g/mol. The molecule has 2 aromatic heterocycles. The molecule has 0 fully saturated rings. The van der Waals surface area contributed by atoms with Crippen molar-refractivity contribution in [1.29, 1.82) is 0 Å². The summed E-state index contributed by atoms with van der Waals surface area (Å²) in [7, 11) is 0. The highest BCUT2D eigenvalue weighted by Crippen LogP contribution is 2.41. The van der Waals surface area contributed by atoms with Gasteiger partial charge in [-0.2, -0.15) is 0 Å². The van der Waals surface area contributed by atoms with Crippen molar-refractivity contribution < 1.29 is 9.72 Å².